The molecular formula is C19H30O. The third-order valence-corrected chi connectivity index (χ3v) is 7.83. The van der Waals surface area contributed by atoms with E-state index in [0.29, 0.717) is 5.41 Å². The third-order valence-electron chi connectivity index (χ3n) is 7.83. The van der Waals surface area contributed by atoms with Crippen molar-refractivity contribution in [1.82, 2.24) is 0 Å². The number of rotatable bonds is 0. The Morgan fingerprint density at radius 1 is 1.00 bits per heavy atom. The van der Waals surface area contributed by atoms with E-state index >= 15 is 0 Å². The molecule has 1 N–H and O–H groups in total. The highest BCUT2D eigenvalue weighted by Crippen LogP contribution is 2.63. The maximum absolute atomic E-state index is 9.96. The van der Waals surface area contributed by atoms with Gasteiger partial charge in [0.05, 0.1) is 6.10 Å². The van der Waals surface area contributed by atoms with Crippen molar-refractivity contribution in [3.8, 4) is 0 Å². The molecular weight excluding hydrogens is 244 g/mol. The second-order valence-electron chi connectivity index (χ2n) is 8.59. The molecule has 4 rings (SSSR count). The molecule has 0 amide bonds. The normalized spacial score (nSPS) is 55.0. The quantitative estimate of drug-likeness (QED) is 0.642. The van der Waals surface area contributed by atoms with Crippen LogP contribution in [0.3, 0.4) is 0 Å². The Labute approximate surface area is 123 Å². The average Bonchev–Trinajstić information content (AvgIpc) is 2.73. The van der Waals surface area contributed by atoms with Crippen LogP contribution in [-0.4, -0.2) is 11.2 Å². The molecule has 0 bridgehead atoms. The standard InChI is InChI=1S/C19H30O/c1-12-3-6-18-17-11-13-4-5-16(20)10-15(13)9-14(17)7-8-19(12,18)2/h13-18,20H,1,3-11H2,2H3/t13-,14+,15+,16-,17+,18-,19+/m1/s1. The minimum Gasteiger partial charge on any atom is -0.393 e. The highest BCUT2D eigenvalue weighted by molar-refractivity contribution is 5.20. The van der Waals surface area contributed by atoms with Crippen LogP contribution >= 0.6 is 0 Å². The third kappa shape index (κ3) is 1.85. The molecule has 4 aliphatic carbocycles. The van der Waals surface area contributed by atoms with Gasteiger partial charge in [0.1, 0.15) is 0 Å². The number of allylic oxidation sites excluding steroid dienone is 1. The van der Waals surface area contributed by atoms with Gasteiger partial charge in [0.2, 0.25) is 0 Å². The highest BCUT2D eigenvalue weighted by Gasteiger charge is 2.53. The molecule has 0 aromatic rings. The summed E-state index contributed by atoms with van der Waals surface area (Å²) in [6.45, 7) is 6.92. The van der Waals surface area contributed by atoms with E-state index in [9.17, 15) is 5.11 Å². The Morgan fingerprint density at radius 3 is 2.70 bits per heavy atom. The van der Waals surface area contributed by atoms with Crippen LogP contribution in [0.25, 0.3) is 0 Å². The summed E-state index contributed by atoms with van der Waals surface area (Å²) in [6, 6.07) is 0. The number of fused-ring (bicyclic) bond motifs is 4. The molecule has 4 aliphatic rings. The first-order valence-corrected chi connectivity index (χ1v) is 8.94. The van der Waals surface area contributed by atoms with E-state index in [-0.39, 0.29) is 6.10 Å². The summed E-state index contributed by atoms with van der Waals surface area (Å²) >= 11 is 0. The Kier molecular flexibility index (Phi) is 3.07. The van der Waals surface area contributed by atoms with Crippen molar-refractivity contribution >= 4 is 0 Å². The second kappa shape index (κ2) is 4.60. The lowest BCUT2D eigenvalue weighted by Gasteiger charge is -2.53. The monoisotopic (exact) mass is 274 g/mol. The zero-order valence-corrected chi connectivity index (χ0v) is 13.0. The van der Waals surface area contributed by atoms with Crippen molar-refractivity contribution in [2.45, 2.75) is 70.8 Å². The maximum atomic E-state index is 9.96. The lowest BCUT2D eigenvalue weighted by atomic mass is 9.52. The van der Waals surface area contributed by atoms with Crippen LogP contribution in [-0.2, 0) is 0 Å². The molecule has 7 atom stereocenters. The van der Waals surface area contributed by atoms with Gasteiger partial charge in [0.25, 0.3) is 0 Å². The fourth-order valence-corrected chi connectivity index (χ4v) is 6.56. The van der Waals surface area contributed by atoms with Crippen molar-refractivity contribution < 1.29 is 5.11 Å². The molecule has 0 heterocycles. The van der Waals surface area contributed by atoms with Crippen molar-refractivity contribution in [2.75, 3.05) is 0 Å². The van der Waals surface area contributed by atoms with Crippen LogP contribution in [0.5, 0.6) is 0 Å². The summed E-state index contributed by atoms with van der Waals surface area (Å²) in [5.41, 5.74) is 2.03. The summed E-state index contributed by atoms with van der Waals surface area (Å²) in [6.07, 6.45) is 11.9. The molecule has 4 fully saturated rings. The topological polar surface area (TPSA) is 20.2 Å². The molecule has 1 nitrogen and oxygen atoms in total. The van der Waals surface area contributed by atoms with Crippen molar-refractivity contribution in [1.29, 1.82) is 0 Å². The Hall–Kier alpha value is -0.300. The van der Waals surface area contributed by atoms with Gasteiger partial charge in [-0.1, -0.05) is 19.1 Å². The van der Waals surface area contributed by atoms with Gasteiger partial charge in [0, 0.05) is 0 Å². The minimum atomic E-state index is 0.00733. The van der Waals surface area contributed by atoms with Crippen LogP contribution in [0.15, 0.2) is 12.2 Å². The van der Waals surface area contributed by atoms with E-state index in [0.717, 1.165) is 42.4 Å². The van der Waals surface area contributed by atoms with Gasteiger partial charge in [-0.05, 0) is 92.8 Å². The smallest absolute Gasteiger partial charge is 0.0543 e. The molecule has 0 aromatic heterocycles. The van der Waals surface area contributed by atoms with Gasteiger partial charge < -0.3 is 5.11 Å². The summed E-state index contributed by atoms with van der Waals surface area (Å²) in [5, 5.41) is 9.96. The Bertz CT molecular complexity index is 414. The van der Waals surface area contributed by atoms with Crippen LogP contribution in [0.2, 0.25) is 0 Å². The van der Waals surface area contributed by atoms with E-state index < -0.39 is 0 Å². The SMILES string of the molecule is C=C1CC[C@@H]2[C@H]3C[C@H]4CC[C@@H](O)C[C@@H]4C[C@@H]3CC[C@@]12C. The lowest BCUT2D eigenvalue weighted by Crippen LogP contribution is -2.46. The van der Waals surface area contributed by atoms with E-state index in [4.69, 9.17) is 0 Å². The second-order valence-corrected chi connectivity index (χ2v) is 8.59. The lowest BCUT2D eigenvalue weighted by molar-refractivity contribution is -0.0439. The molecule has 4 saturated carbocycles. The first-order chi connectivity index (χ1) is 9.58. The van der Waals surface area contributed by atoms with E-state index in [1.807, 2.05) is 0 Å². The van der Waals surface area contributed by atoms with E-state index in [1.54, 1.807) is 5.57 Å². The number of aliphatic hydroxyl groups excluding tert-OH is 1. The fraction of sp³-hybridized carbons (Fsp3) is 0.895. The van der Waals surface area contributed by atoms with E-state index in [2.05, 4.69) is 13.5 Å². The largest absolute Gasteiger partial charge is 0.393 e. The molecule has 20 heavy (non-hydrogen) atoms. The number of hydrogen-bond acceptors (Lipinski definition) is 1. The van der Waals surface area contributed by atoms with Crippen molar-refractivity contribution in [2.24, 2.45) is 35.0 Å². The molecule has 112 valence electrons. The van der Waals surface area contributed by atoms with Crippen molar-refractivity contribution in [3.05, 3.63) is 12.2 Å². The molecule has 0 aromatic carbocycles. The predicted octanol–water partition coefficient (Wildman–Crippen LogP) is 4.56. The maximum Gasteiger partial charge on any atom is 0.0543 e. The minimum absolute atomic E-state index is 0.00733. The van der Waals surface area contributed by atoms with Crippen LogP contribution in [0.4, 0.5) is 0 Å². The summed E-state index contributed by atoms with van der Waals surface area (Å²) in [4.78, 5) is 0. The predicted molar refractivity (Wildman–Crippen MR) is 82.3 cm³/mol. The summed E-state index contributed by atoms with van der Waals surface area (Å²) < 4.78 is 0. The van der Waals surface area contributed by atoms with Crippen molar-refractivity contribution in [3.63, 3.8) is 0 Å². The van der Waals surface area contributed by atoms with E-state index in [1.165, 1.54) is 44.9 Å². The summed E-state index contributed by atoms with van der Waals surface area (Å²) in [5.74, 6) is 4.64. The first-order valence-electron chi connectivity index (χ1n) is 8.94. The first kappa shape index (κ1) is 13.4. The van der Waals surface area contributed by atoms with Gasteiger partial charge >= 0.3 is 0 Å². The molecule has 0 spiro atoms. The fourth-order valence-electron chi connectivity index (χ4n) is 6.56. The van der Waals surface area contributed by atoms with Crippen LogP contribution < -0.4 is 0 Å². The molecule has 0 unspecified atom stereocenters. The summed E-state index contributed by atoms with van der Waals surface area (Å²) in [7, 11) is 0. The molecule has 0 saturated heterocycles. The zero-order chi connectivity index (χ0) is 13.9. The highest BCUT2D eigenvalue weighted by atomic mass is 16.3. The number of aliphatic hydroxyl groups is 1. The van der Waals surface area contributed by atoms with Gasteiger partial charge in [0.15, 0.2) is 0 Å². The molecule has 1 heteroatoms. The van der Waals surface area contributed by atoms with Gasteiger partial charge in [-0.15, -0.1) is 0 Å². The Morgan fingerprint density at radius 2 is 1.85 bits per heavy atom. The van der Waals surface area contributed by atoms with Gasteiger partial charge in [-0.3, -0.25) is 0 Å². The molecule has 0 aliphatic heterocycles. The number of hydrogen-bond donors (Lipinski definition) is 1. The molecule has 0 radical (unpaired) electrons. The van der Waals surface area contributed by atoms with Crippen LogP contribution in [0.1, 0.15) is 64.7 Å². The van der Waals surface area contributed by atoms with Gasteiger partial charge in [-0.25, -0.2) is 0 Å². The van der Waals surface area contributed by atoms with Gasteiger partial charge in [-0.2, -0.15) is 0 Å². The Balaban J connectivity index is 1.56. The zero-order valence-electron chi connectivity index (χ0n) is 13.0. The van der Waals surface area contributed by atoms with Crippen LogP contribution in [0, 0.1) is 35.0 Å². The average molecular weight is 274 g/mol.